The Balaban J connectivity index is 1.78. The van der Waals surface area contributed by atoms with E-state index in [1.54, 1.807) is 11.9 Å². The first-order valence-corrected chi connectivity index (χ1v) is 10.4. The average molecular weight is 423 g/mol. The van der Waals surface area contributed by atoms with Gasteiger partial charge in [-0.25, -0.2) is 13.1 Å². The SMILES string of the molecule is CN(CCN1CCCC1)C(=O)CCNS(=O)(=O)c1ccc(OC(F)(F)F)cc1. The molecule has 158 valence electrons. The number of benzene rings is 1. The first kappa shape index (κ1) is 22.4. The molecule has 0 unspecified atom stereocenters. The molecule has 1 aromatic rings. The number of hydrogen-bond acceptors (Lipinski definition) is 5. The predicted octanol–water partition coefficient (Wildman–Crippen LogP) is 1.81. The Kier molecular flexibility index (Phi) is 7.67. The van der Waals surface area contributed by atoms with Crippen LogP contribution < -0.4 is 9.46 Å². The Morgan fingerprint density at radius 3 is 2.39 bits per heavy atom. The number of hydrogen-bond donors (Lipinski definition) is 1. The van der Waals surface area contributed by atoms with E-state index in [-0.39, 0.29) is 23.8 Å². The number of carbonyl (C=O) groups excluding carboxylic acids is 1. The molecule has 28 heavy (non-hydrogen) atoms. The van der Waals surface area contributed by atoms with E-state index in [0.29, 0.717) is 6.54 Å². The molecule has 0 atom stereocenters. The fourth-order valence-corrected chi connectivity index (χ4v) is 3.84. The minimum absolute atomic E-state index is 0.00893. The van der Waals surface area contributed by atoms with E-state index in [0.717, 1.165) is 43.9 Å². The van der Waals surface area contributed by atoms with Gasteiger partial charge in [0.15, 0.2) is 0 Å². The number of nitrogens with one attached hydrogen (secondary N) is 1. The van der Waals surface area contributed by atoms with Gasteiger partial charge in [0, 0.05) is 33.1 Å². The molecular weight excluding hydrogens is 399 g/mol. The number of amides is 1. The first-order chi connectivity index (χ1) is 13.1. The van der Waals surface area contributed by atoms with E-state index in [9.17, 15) is 26.4 Å². The van der Waals surface area contributed by atoms with Crippen LogP contribution in [0.1, 0.15) is 19.3 Å². The number of ether oxygens (including phenoxy) is 1. The molecule has 2 rings (SSSR count). The molecule has 7 nitrogen and oxygen atoms in total. The largest absolute Gasteiger partial charge is 0.573 e. The third-order valence-corrected chi connectivity index (χ3v) is 5.85. The molecule has 1 saturated heterocycles. The second-order valence-corrected chi connectivity index (χ2v) is 8.30. The lowest BCUT2D eigenvalue weighted by atomic mass is 10.3. The number of halogens is 3. The third kappa shape index (κ3) is 7.28. The van der Waals surface area contributed by atoms with Crippen LogP contribution in [0, 0.1) is 0 Å². The van der Waals surface area contributed by atoms with Crippen LogP contribution in [0.25, 0.3) is 0 Å². The standard InChI is InChI=1S/C17H24F3N3O4S/c1-22(12-13-23-10-2-3-11-23)16(24)8-9-21-28(25,26)15-6-4-14(5-7-15)27-17(18,19)20/h4-7,21H,2-3,8-13H2,1H3. The Morgan fingerprint density at radius 1 is 1.21 bits per heavy atom. The fraction of sp³-hybridized carbons (Fsp3) is 0.588. The summed E-state index contributed by atoms with van der Waals surface area (Å²) in [6.45, 7) is 3.34. The molecule has 0 bridgehead atoms. The van der Waals surface area contributed by atoms with E-state index >= 15 is 0 Å². The van der Waals surface area contributed by atoms with E-state index in [1.807, 2.05) is 0 Å². The number of likely N-dealkylation sites (N-methyl/N-ethyl adjacent to an activating group) is 1. The molecule has 1 heterocycles. The van der Waals surface area contributed by atoms with Crippen molar-refractivity contribution in [2.45, 2.75) is 30.5 Å². The minimum Gasteiger partial charge on any atom is -0.406 e. The molecular formula is C17H24F3N3O4S. The van der Waals surface area contributed by atoms with E-state index < -0.39 is 22.1 Å². The van der Waals surface area contributed by atoms with Crippen molar-refractivity contribution < 1.29 is 31.1 Å². The topological polar surface area (TPSA) is 79.0 Å². The number of sulfonamides is 1. The van der Waals surface area contributed by atoms with Crippen LogP contribution in [-0.2, 0) is 14.8 Å². The molecule has 0 aliphatic carbocycles. The maximum Gasteiger partial charge on any atom is 0.573 e. The second kappa shape index (κ2) is 9.57. The van der Waals surface area contributed by atoms with Crippen molar-refractivity contribution in [1.82, 2.24) is 14.5 Å². The van der Waals surface area contributed by atoms with Gasteiger partial charge in [-0.1, -0.05) is 0 Å². The highest BCUT2D eigenvalue weighted by Gasteiger charge is 2.31. The lowest BCUT2D eigenvalue weighted by Crippen LogP contribution is -2.37. The molecule has 0 spiro atoms. The van der Waals surface area contributed by atoms with Crippen molar-refractivity contribution in [1.29, 1.82) is 0 Å². The number of nitrogens with zero attached hydrogens (tertiary/aromatic N) is 2. The van der Waals surface area contributed by atoms with E-state index in [4.69, 9.17) is 0 Å². The van der Waals surface area contributed by atoms with Crippen LogP contribution >= 0.6 is 0 Å². The van der Waals surface area contributed by atoms with E-state index in [1.165, 1.54) is 12.8 Å². The number of carbonyl (C=O) groups is 1. The lowest BCUT2D eigenvalue weighted by Gasteiger charge is -2.21. The molecule has 1 aromatic carbocycles. The summed E-state index contributed by atoms with van der Waals surface area (Å²) in [6, 6.07) is 3.85. The Labute approximate surface area is 162 Å². The fourth-order valence-electron chi connectivity index (χ4n) is 2.81. The van der Waals surface area contributed by atoms with Crippen molar-refractivity contribution in [2.75, 3.05) is 39.8 Å². The average Bonchev–Trinajstić information content (AvgIpc) is 3.12. The van der Waals surface area contributed by atoms with Gasteiger partial charge >= 0.3 is 6.36 Å². The number of alkyl halides is 3. The van der Waals surface area contributed by atoms with Crippen LogP contribution in [0.2, 0.25) is 0 Å². The van der Waals surface area contributed by atoms with Crippen LogP contribution in [0.5, 0.6) is 5.75 Å². The van der Waals surface area contributed by atoms with Gasteiger partial charge in [0.05, 0.1) is 4.90 Å². The number of rotatable bonds is 9. The number of likely N-dealkylation sites (tertiary alicyclic amines) is 1. The Hall–Kier alpha value is -1.85. The highest BCUT2D eigenvalue weighted by atomic mass is 32.2. The van der Waals surface area contributed by atoms with Crippen molar-refractivity contribution in [3.63, 3.8) is 0 Å². The van der Waals surface area contributed by atoms with Crippen molar-refractivity contribution in [3.8, 4) is 5.75 Å². The summed E-state index contributed by atoms with van der Waals surface area (Å²) in [4.78, 5) is 15.7. The molecule has 1 aliphatic heterocycles. The molecule has 0 aromatic heterocycles. The van der Waals surface area contributed by atoms with Gasteiger partial charge < -0.3 is 14.5 Å². The van der Waals surface area contributed by atoms with Crippen LogP contribution in [0.15, 0.2) is 29.2 Å². The Bertz CT molecular complexity index is 748. The van der Waals surface area contributed by atoms with Gasteiger partial charge in [0.2, 0.25) is 15.9 Å². The zero-order chi connectivity index (χ0) is 20.8. The van der Waals surface area contributed by atoms with Crippen LogP contribution in [0.4, 0.5) is 13.2 Å². The van der Waals surface area contributed by atoms with Crippen molar-refractivity contribution in [3.05, 3.63) is 24.3 Å². The third-order valence-electron chi connectivity index (χ3n) is 4.37. The monoisotopic (exact) mass is 423 g/mol. The summed E-state index contributed by atoms with van der Waals surface area (Å²) in [5, 5.41) is 0. The van der Waals surface area contributed by atoms with Gasteiger partial charge in [-0.05, 0) is 50.2 Å². The normalized spacial score (nSPS) is 15.6. The molecule has 0 saturated carbocycles. The van der Waals surface area contributed by atoms with Gasteiger partial charge in [0.25, 0.3) is 0 Å². The van der Waals surface area contributed by atoms with Gasteiger partial charge in [0.1, 0.15) is 5.75 Å². The van der Waals surface area contributed by atoms with Crippen LogP contribution in [0.3, 0.4) is 0 Å². The molecule has 1 fully saturated rings. The first-order valence-electron chi connectivity index (χ1n) is 8.89. The molecule has 1 N–H and O–H groups in total. The second-order valence-electron chi connectivity index (χ2n) is 6.53. The van der Waals surface area contributed by atoms with Gasteiger partial charge in [-0.2, -0.15) is 0 Å². The summed E-state index contributed by atoms with van der Waals surface area (Å²) in [6.07, 6.45) is -2.52. The lowest BCUT2D eigenvalue weighted by molar-refractivity contribution is -0.274. The summed E-state index contributed by atoms with van der Waals surface area (Å²) in [7, 11) is -2.26. The van der Waals surface area contributed by atoms with Gasteiger partial charge in [-0.3, -0.25) is 4.79 Å². The molecule has 1 aliphatic rings. The summed E-state index contributed by atoms with van der Waals surface area (Å²) in [5.74, 6) is -0.697. The molecule has 1 amide bonds. The highest BCUT2D eigenvalue weighted by Crippen LogP contribution is 2.23. The Morgan fingerprint density at radius 2 is 1.82 bits per heavy atom. The van der Waals surface area contributed by atoms with E-state index in [2.05, 4.69) is 14.4 Å². The minimum atomic E-state index is -4.85. The molecule has 11 heteroatoms. The zero-order valence-electron chi connectivity index (χ0n) is 15.5. The summed E-state index contributed by atoms with van der Waals surface area (Å²) < 4.78 is 66.7. The smallest absolute Gasteiger partial charge is 0.406 e. The maximum absolute atomic E-state index is 12.2. The summed E-state index contributed by atoms with van der Waals surface area (Å²) >= 11 is 0. The predicted molar refractivity (Wildman–Crippen MR) is 96.2 cm³/mol. The van der Waals surface area contributed by atoms with Crippen LogP contribution in [-0.4, -0.2) is 70.3 Å². The maximum atomic E-state index is 12.2. The van der Waals surface area contributed by atoms with Gasteiger partial charge in [-0.15, -0.1) is 13.2 Å². The highest BCUT2D eigenvalue weighted by molar-refractivity contribution is 7.89. The van der Waals surface area contributed by atoms with Crippen molar-refractivity contribution in [2.24, 2.45) is 0 Å². The van der Waals surface area contributed by atoms with Crippen molar-refractivity contribution >= 4 is 15.9 Å². The quantitative estimate of drug-likeness (QED) is 0.656. The zero-order valence-corrected chi connectivity index (χ0v) is 16.4. The molecule has 0 radical (unpaired) electrons. The summed E-state index contributed by atoms with van der Waals surface area (Å²) in [5.41, 5.74) is 0.